The Morgan fingerprint density at radius 3 is 3.10 bits per heavy atom. The van der Waals surface area contributed by atoms with Gasteiger partial charge in [-0.05, 0) is 23.6 Å². The number of phenolic OH excluding ortho intramolecular Hbond substituents is 1. The molecule has 1 aliphatic heterocycles. The lowest BCUT2D eigenvalue weighted by Gasteiger charge is -2.33. The van der Waals surface area contributed by atoms with E-state index in [1.54, 1.807) is 18.3 Å². The molecule has 0 bridgehead atoms. The van der Waals surface area contributed by atoms with Crippen LogP contribution in [0.15, 0.2) is 30.5 Å². The van der Waals surface area contributed by atoms with Crippen molar-refractivity contribution in [3.8, 4) is 5.75 Å². The highest BCUT2D eigenvalue weighted by molar-refractivity contribution is 5.93. The summed E-state index contributed by atoms with van der Waals surface area (Å²) in [6, 6.07) is 7.04. The largest absolute Gasteiger partial charge is 0.508 e. The monoisotopic (exact) mass is 288 g/mol. The highest BCUT2D eigenvalue weighted by Gasteiger charge is 2.24. The van der Waals surface area contributed by atoms with Crippen molar-refractivity contribution in [1.82, 2.24) is 4.98 Å². The number of carboxylic acid groups (broad SMARTS) is 1. The fourth-order valence-electron chi connectivity index (χ4n) is 2.62. The molecule has 1 aromatic carbocycles. The molecule has 0 spiro atoms. The number of benzene rings is 1. The van der Waals surface area contributed by atoms with Gasteiger partial charge in [0.25, 0.3) is 0 Å². The van der Waals surface area contributed by atoms with Crippen molar-refractivity contribution >= 4 is 22.6 Å². The van der Waals surface area contributed by atoms with E-state index < -0.39 is 5.97 Å². The van der Waals surface area contributed by atoms with Crippen LogP contribution < -0.4 is 4.90 Å². The predicted molar refractivity (Wildman–Crippen MR) is 77.6 cm³/mol. The third kappa shape index (κ3) is 2.90. The maximum absolute atomic E-state index is 10.8. The molecule has 2 aromatic rings. The van der Waals surface area contributed by atoms with E-state index in [-0.39, 0.29) is 18.3 Å². The van der Waals surface area contributed by atoms with Crippen molar-refractivity contribution in [1.29, 1.82) is 0 Å². The molecular formula is C15H16N2O4. The Hall–Kier alpha value is -2.34. The Balaban J connectivity index is 1.92. The lowest BCUT2D eigenvalue weighted by atomic mass is 10.1. The molecule has 0 aliphatic carbocycles. The Morgan fingerprint density at radius 2 is 2.29 bits per heavy atom. The SMILES string of the molecule is O=C(O)CC1CN(c2nccc3ccc(O)cc23)CCO1. The van der Waals surface area contributed by atoms with Gasteiger partial charge in [0, 0.05) is 24.7 Å². The first-order valence-electron chi connectivity index (χ1n) is 6.79. The number of fused-ring (bicyclic) bond motifs is 1. The summed E-state index contributed by atoms with van der Waals surface area (Å²) in [6.45, 7) is 1.60. The van der Waals surface area contributed by atoms with Crippen molar-refractivity contribution < 1.29 is 19.7 Å². The summed E-state index contributed by atoms with van der Waals surface area (Å²) in [7, 11) is 0. The lowest BCUT2D eigenvalue weighted by molar-refractivity contribution is -0.140. The van der Waals surface area contributed by atoms with Gasteiger partial charge >= 0.3 is 5.97 Å². The highest BCUT2D eigenvalue weighted by atomic mass is 16.5. The number of hydrogen-bond donors (Lipinski definition) is 2. The quantitative estimate of drug-likeness (QED) is 0.893. The normalized spacial score (nSPS) is 18.9. The predicted octanol–water partition coefficient (Wildman–Crippen LogP) is 1.62. The zero-order valence-electron chi connectivity index (χ0n) is 11.4. The van der Waals surface area contributed by atoms with Crippen LogP contribution in [0.4, 0.5) is 5.82 Å². The van der Waals surface area contributed by atoms with Gasteiger partial charge in [-0.3, -0.25) is 4.79 Å². The average Bonchev–Trinajstić information content (AvgIpc) is 2.46. The Labute approximate surface area is 121 Å². The number of morpholine rings is 1. The molecule has 1 aliphatic rings. The number of phenols is 1. The summed E-state index contributed by atoms with van der Waals surface area (Å²) >= 11 is 0. The number of aliphatic carboxylic acids is 1. The van der Waals surface area contributed by atoms with E-state index in [4.69, 9.17) is 9.84 Å². The van der Waals surface area contributed by atoms with Crippen molar-refractivity contribution in [2.75, 3.05) is 24.6 Å². The van der Waals surface area contributed by atoms with Gasteiger partial charge in [-0.1, -0.05) is 6.07 Å². The number of nitrogens with zero attached hydrogens (tertiary/aromatic N) is 2. The molecule has 21 heavy (non-hydrogen) atoms. The van der Waals surface area contributed by atoms with Crippen LogP contribution in [0.3, 0.4) is 0 Å². The van der Waals surface area contributed by atoms with Gasteiger partial charge in [0.15, 0.2) is 0 Å². The zero-order chi connectivity index (χ0) is 14.8. The van der Waals surface area contributed by atoms with Crippen LogP contribution >= 0.6 is 0 Å². The molecule has 1 saturated heterocycles. The standard InChI is InChI=1S/C15H16N2O4/c18-11-2-1-10-3-4-16-15(13(10)7-11)17-5-6-21-12(9-17)8-14(19)20/h1-4,7,12,18H,5-6,8-9H2,(H,19,20). The molecule has 1 unspecified atom stereocenters. The van der Waals surface area contributed by atoms with Gasteiger partial charge in [0.1, 0.15) is 11.6 Å². The second-order valence-corrected chi connectivity index (χ2v) is 5.08. The molecule has 0 amide bonds. The second-order valence-electron chi connectivity index (χ2n) is 5.08. The zero-order valence-corrected chi connectivity index (χ0v) is 11.4. The number of pyridine rings is 1. The van der Waals surface area contributed by atoms with E-state index in [2.05, 4.69) is 4.98 Å². The number of carbonyl (C=O) groups is 1. The Bertz CT molecular complexity index is 674. The minimum atomic E-state index is -0.870. The molecule has 6 heteroatoms. The number of ether oxygens (including phenoxy) is 1. The lowest BCUT2D eigenvalue weighted by Crippen LogP contribution is -2.43. The topological polar surface area (TPSA) is 82.9 Å². The van der Waals surface area contributed by atoms with Crippen LogP contribution in [0, 0.1) is 0 Å². The van der Waals surface area contributed by atoms with Crippen molar-refractivity contribution in [2.24, 2.45) is 0 Å². The number of rotatable bonds is 3. The van der Waals surface area contributed by atoms with E-state index in [9.17, 15) is 9.90 Å². The van der Waals surface area contributed by atoms with E-state index >= 15 is 0 Å². The molecule has 2 heterocycles. The van der Waals surface area contributed by atoms with Crippen molar-refractivity contribution in [3.63, 3.8) is 0 Å². The molecule has 0 saturated carbocycles. The van der Waals surface area contributed by atoms with Gasteiger partial charge in [0.2, 0.25) is 0 Å². The van der Waals surface area contributed by atoms with Crippen LogP contribution in [0.25, 0.3) is 10.8 Å². The van der Waals surface area contributed by atoms with Crippen molar-refractivity contribution in [2.45, 2.75) is 12.5 Å². The summed E-state index contributed by atoms with van der Waals surface area (Å²) in [4.78, 5) is 17.2. The fourth-order valence-corrected chi connectivity index (χ4v) is 2.62. The molecule has 1 aromatic heterocycles. The van der Waals surface area contributed by atoms with E-state index in [1.165, 1.54) is 0 Å². The van der Waals surface area contributed by atoms with E-state index in [0.717, 1.165) is 16.6 Å². The minimum absolute atomic E-state index is 0.0213. The first-order chi connectivity index (χ1) is 10.1. The first-order valence-corrected chi connectivity index (χ1v) is 6.79. The summed E-state index contributed by atoms with van der Waals surface area (Å²) in [5, 5.41) is 20.4. The molecule has 1 fully saturated rings. The molecule has 6 nitrogen and oxygen atoms in total. The molecular weight excluding hydrogens is 272 g/mol. The molecule has 0 radical (unpaired) electrons. The highest BCUT2D eigenvalue weighted by Crippen LogP contribution is 2.29. The van der Waals surface area contributed by atoms with Crippen LogP contribution in [0.1, 0.15) is 6.42 Å². The number of hydrogen-bond acceptors (Lipinski definition) is 5. The maximum Gasteiger partial charge on any atom is 0.306 e. The molecule has 1 atom stereocenters. The maximum atomic E-state index is 10.8. The van der Waals surface area contributed by atoms with Crippen LogP contribution in [0.2, 0.25) is 0 Å². The van der Waals surface area contributed by atoms with E-state index in [0.29, 0.717) is 19.7 Å². The number of aromatic hydroxyl groups is 1. The third-order valence-corrected chi connectivity index (χ3v) is 3.57. The van der Waals surface area contributed by atoms with E-state index in [1.807, 2.05) is 17.0 Å². The van der Waals surface area contributed by atoms with Crippen molar-refractivity contribution in [3.05, 3.63) is 30.5 Å². The molecule has 2 N–H and O–H groups in total. The number of carboxylic acids is 1. The van der Waals surface area contributed by atoms with Gasteiger partial charge in [-0.15, -0.1) is 0 Å². The first kappa shape index (κ1) is 13.6. The smallest absolute Gasteiger partial charge is 0.306 e. The van der Waals surface area contributed by atoms with Crippen LogP contribution in [-0.4, -0.2) is 47.0 Å². The summed E-state index contributed by atoms with van der Waals surface area (Å²) in [5.74, 6) is 0.0690. The number of anilines is 1. The second kappa shape index (κ2) is 5.57. The summed E-state index contributed by atoms with van der Waals surface area (Å²) < 4.78 is 5.48. The fraction of sp³-hybridized carbons (Fsp3) is 0.333. The number of aromatic nitrogens is 1. The molecule has 110 valence electrons. The Kier molecular flexibility index (Phi) is 3.62. The van der Waals surface area contributed by atoms with Crippen LogP contribution in [0.5, 0.6) is 5.75 Å². The molecule has 3 rings (SSSR count). The average molecular weight is 288 g/mol. The van der Waals surface area contributed by atoms with Gasteiger partial charge in [0.05, 0.1) is 19.1 Å². The third-order valence-electron chi connectivity index (χ3n) is 3.57. The van der Waals surface area contributed by atoms with Gasteiger partial charge in [-0.2, -0.15) is 0 Å². The van der Waals surface area contributed by atoms with Gasteiger partial charge in [-0.25, -0.2) is 4.98 Å². The minimum Gasteiger partial charge on any atom is -0.508 e. The Morgan fingerprint density at radius 1 is 1.43 bits per heavy atom. The summed E-state index contributed by atoms with van der Waals surface area (Å²) in [5.41, 5.74) is 0. The van der Waals surface area contributed by atoms with Gasteiger partial charge < -0.3 is 19.8 Å². The van der Waals surface area contributed by atoms with Crippen LogP contribution in [-0.2, 0) is 9.53 Å². The summed E-state index contributed by atoms with van der Waals surface area (Å²) in [6.07, 6.45) is 1.36.